The summed E-state index contributed by atoms with van der Waals surface area (Å²) in [5.74, 6) is 0.311. The Morgan fingerprint density at radius 2 is 1.85 bits per heavy atom. The van der Waals surface area contributed by atoms with Gasteiger partial charge in [0.05, 0.1) is 0 Å². The van der Waals surface area contributed by atoms with Crippen molar-refractivity contribution < 1.29 is 17.4 Å². The fraction of sp³-hybridized carbons (Fsp3) is 0.350. The first-order valence-corrected chi connectivity index (χ1v) is 10.2. The SMILES string of the molecule is CC(=O)N1c2ccc(S(=O)(=O)Oc3ccc4c(c3)CCC4)cc2CC1C. The zero-order chi connectivity index (χ0) is 18.5. The van der Waals surface area contributed by atoms with Gasteiger partial charge in [-0.05, 0) is 79.6 Å². The van der Waals surface area contributed by atoms with Crippen molar-refractivity contribution in [1.29, 1.82) is 0 Å². The lowest BCUT2D eigenvalue weighted by atomic mass is 10.1. The summed E-state index contributed by atoms with van der Waals surface area (Å²) in [5, 5.41) is 0. The number of hydrogen-bond acceptors (Lipinski definition) is 4. The van der Waals surface area contributed by atoms with Crippen LogP contribution in [0.2, 0.25) is 0 Å². The van der Waals surface area contributed by atoms with Gasteiger partial charge in [0.15, 0.2) is 0 Å². The van der Waals surface area contributed by atoms with Crippen molar-refractivity contribution in [2.75, 3.05) is 4.90 Å². The van der Waals surface area contributed by atoms with Crippen molar-refractivity contribution in [3.63, 3.8) is 0 Å². The number of fused-ring (bicyclic) bond motifs is 2. The van der Waals surface area contributed by atoms with Crippen LogP contribution in [0.1, 0.15) is 37.0 Å². The van der Waals surface area contributed by atoms with Gasteiger partial charge >= 0.3 is 10.1 Å². The van der Waals surface area contributed by atoms with E-state index in [1.807, 2.05) is 19.1 Å². The summed E-state index contributed by atoms with van der Waals surface area (Å²) < 4.78 is 30.8. The predicted octanol–water partition coefficient (Wildman–Crippen LogP) is 3.24. The summed E-state index contributed by atoms with van der Waals surface area (Å²) in [6.45, 7) is 3.48. The Kier molecular flexibility index (Phi) is 4.03. The van der Waals surface area contributed by atoms with Crippen LogP contribution in [0.3, 0.4) is 0 Å². The predicted molar refractivity (Wildman–Crippen MR) is 99.0 cm³/mol. The van der Waals surface area contributed by atoms with Crippen molar-refractivity contribution in [3.8, 4) is 5.75 Å². The lowest BCUT2D eigenvalue weighted by Gasteiger charge is -2.20. The fourth-order valence-corrected chi connectivity index (χ4v) is 4.99. The number of aryl methyl sites for hydroxylation is 2. The minimum atomic E-state index is -3.91. The summed E-state index contributed by atoms with van der Waals surface area (Å²) in [5.41, 5.74) is 4.07. The first-order valence-electron chi connectivity index (χ1n) is 8.84. The van der Waals surface area contributed by atoms with Crippen LogP contribution in [0, 0.1) is 0 Å². The highest BCUT2D eigenvalue weighted by Gasteiger charge is 2.30. The molecular formula is C20H21NO4S. The maximum atomic E-state index is 12.7. The van der Waals surface area contributed by atoms with Crippen LogP contribution in [0.4, 0.5) is 5.69 Å². The third kappa shape index (κ3) is 2.88. The highest BCUT2D eigenvalue weighted by molar-refractivity contribution is 7.87. The lowest BCUT2D eigenvalue weighted by Crippen LogP contribution is -2.33. The van der Waals surface area contributed by atoms with Gasteiger partial charge in [-0.1, -0.05) is 6.07 Å². The zero-order valence-electron chi connectivity index (χ0n) is 14.9. The number of carbonyl (C=O) groups excluding carboxylic acids is 1. The van der Waals surface area contributed by atoms with E-state index in [0.29, 0.717) is 12.2 Å². The van der Waals surface area contributed by atoms with Crippen molar-refractivity contribution in [2.45, 2.75) is 50.5 Å². The molecular weight excluding hydrogens is 350 g/mol. The van der Waals surface area contributed by atoms with E-state index in [9.17, 15) is 13.2 Å². The second-order valence-corrected chi connectivity index (χ2v) is 8.60. The van der Waals surface area contributed by atoms with Crippen molar-refractivity contribution in [3.05, 3.63) is 53.1 Å². The molecule has 1 unspecified atom stereocenters. The number of anilines is 1. The molecule has 0 fully saturated rings. The third-order valence-corrected chi connectivity index (χ3v) is 6.41. The number of carbonyl (C=O) groups is 1. The molecule has 136 valence electrons. The van der Waals surface area contributed by atoms with Crippen molar-refractivity contribution in [2.24, 2.45) is 0 Å². The number of rotatable bonds is 3. The Balaban J connectivity index is 1.63. The molecule has 0 N–H and O–H groups in total. The Labute approximate surface area is 153 Å². The molecule has 5 nitrogen and oxygen atoms in total. The molecule has 0 bridgehead atoms. The molecule has 0 spiro atoms. The standard InChI is InChI=1S/C20H21NO4S/c1-13-10-17-12-19(8-9-20(17)21(13)14(2)22)26(23,24)25-18-7-6-15-4-3-5-16(15)11-18/h6-9,11-13H,3-5,10H2,1-2H3. The Bertz CT molecular complexity index is 997. The summed E-state index contributed by atoms with van der Waals surface area (Å²) >= 11 is 0. The van der Waals surface area contributed by atoms with Crippen molar-refractivity contribution in [1.82, 2.24) is 0 Å². The van der Waals surface area contributed by atoms with Crippen LogP contribution in [0.5, 0.6) is 5.75 Å². The molecule has 2 aliphatic rings. The fourth-order valence-electron chi connectivity index (χ4n) is 4.02. The van der Waals surface area contributed by atoms with Gasteiger partial charge in [0.1, 0.15) is 10.6 Å². The van der Waals surface area contributed by atoms with Crippen molar-refractivity contribution >= 4 is 21.7 Å². The Morgan fingerprint density at radius 3 is 2.62 bits per heavy atom. The topological polar surface area (TPSA) is 63.7 Å². The Hall–Kier alpha value is -2.34. The van der Waals surface area contributed by atoms with Crippen LogP contribution in [0.15, 0.2) is 41.3 Å². The molecule has 0 aromatic heterocycles. The van der Waals surface area contributed by atoms with Gasteiger partial charge in [-0.25, -0.2) is 0 Å². The maximum Gasteiger partial charge on any atom is 0.339 e. The van der Waals surface area contributed by atoms with Gasteiger partial charge in [0, 0.05) is 18.7 Å². The summed E-state index contributed by atoms with van der Waals surface area (Å²) in [6.07, 6.45) is 3.74. The van der Waals surface area contributed by atoms with E-state index < -0.39 is 10.1 Å². The van der Waals surface area contributed by atoms with Gasteiger partial charge < -0.3 is 9.08 Å². The first kappa shape index (κ1) is 17.1. The third-order valence-electron chi connectivity index (χ3n) is 5.17. The molecule has 2 aromatic rings. The van der Waals surface area contributed by atoms with Gasteiger partial charge in [-0.2, -0.15) is 8.42 Å². The quantitative estimate of drug-likeness (QED) is 0.777. The minimum Gasteiger partial charge on any atom is -0.379 e. The minimum absolute atomic E-state index is 0.0260. The summed E-state index contributed by atoms with van der Waals surface area (Å²) in [4.78, 5) is 13.6. The second kappa shape index (κ2) is 6.13. The van der Waals surface area contributed by atoms with E-state index in [4.69, 9.17) is 4.18 Å². The van der Waals surface area contributed by atoms with Crippen LogP contribution in [0.25, 0.3) is 0 Å². The molecule has 6 heteroatoms. The average molecular weight is 371 g/mol. The molecule has 0 saturated carbocycles. The molecule has 1 amide bonds. The molecule has 1 aliphatic carbocycles. The van der Waals surface area contributed by atoms with Crippen LogP contribution in [-0.2, 0) is 34.2 Å². The van der Waals surface area contributed by atoms with E-state index in [0.717, 1.165) is 36.1 Å². The molecule has 1 atom stereocenters. The average Bonchev–Trinajstić information content (AvgIpc) is 3.15. The monoisotopic (exact) mass is 371 g/mol. The number of hydrogen-bond donors (Lipinski definition) is 0. The summed E-state index contributed by atoms with van der Waals surface area (Å²) in [7, 11) is -3.91. The number of amides is 1. The van der Waals surface area contributed by atoms with Gasteiger partial charge in [-0.3, -0.25) is 4.79 Å². The summed E-state index contributed by atoms with van der Waals surface area (Å²) in [6, 6.07) is 10.3. The van der Waals surface area contributed by atoms with Crippen LogP contribution in [-0.4, -0.2) is 20.4 Å². The van der Waals surface area contributed by atoms with Gasteiger partial charge in [0.2, 0.25) is 5.91 Å². The zero-order valence-corrected chi connectivity index (χ0v) is 15.7. The Morgan fingerprint density at radius 1 is 1.08 bits per heavy atom. The highest BCUT2D eigenvalue weighted by Crippen LogP contribution is 2.35. The van der Waals surface area contributed by atoms with Crippen LogP contribution >= 0.6 is 0 Å². The van der Waals surface area contributed by atoms with E-state index in [2.05, 4.69) is 0 Å². The van der Waals surface area contributed by atoms with Gasteiger partial charge in [-0.15, -0.1) is 0 Å². The smallest absolute Gasteiger partial charge is 0.339 e. The maximum absolute atomic E-state index is 12.7. The lowest BCUT2D eigenvalue weighted by molar-refractivity contribution is -0.116. The molecule has 0 saturated heterocycles. The van der Waals surface area contributed by atoms with E-state index >= 15 is 0 Å². The van der Waals surface area contributed by atoms with Crippen LogP contribution < -0.4 is 9.08 Å². The van der Waals surface area contributed by atoms with E-state index in [-0.39, 0.29) is 16.8 Å². The number of nitrogens with zero attached hydrogens (tertiary/aromatic N) is 1. The largest absolute Gasteiger partial charge is 0.379 e. The molecule has 4 rings (SSSR count). The first-order chi connectivity index (χ1) is 12.3. The molecule has 26 heavy (non-hydrogen) atoms. The molecule has 1 aliphatic heterocycles. The normalized spacial score (nSPS) is 18.5. The van der Waals surface area contributed by atoms with E-state index in [1.165, 1.54) is 18.6 Å². The highest BCUT2D eigenvalue weighted by atomic mass is 32.2. The molecule has 1 heterocycles. The molecule has 0 radical (unpaired) electrons. The molecule has 2 aromatic carbocycles. The van der Waals surface area contributed by atoms with E-state index in [1.54, 1.807) is 23.1 Å². The number of benzene rings is 2. The van der Waals surface area contributed by atoms with Gasteiger partial charge in [0.25, 0.3) is 0 Å². The second-order valence-electron chi connectivity index (χ2n) is 7.05.